The number of aliphatic carboxylic acids is 1. The highest BCUT2D eigenvalue weighted by molar-refractivity contribution is 5.99. The van der Waals surface area contributed by atoms with E-state index in [1.165, 1.54) is 4.90 Å². The molecule has 1 heterocycles. The minimum Gasteiger partial charge on any atom is -0.507 e. The van der Waals surface area contributed by atoms with E-state index in [4.69, 9.17) is 5.11 Å². The minimum atomic E-state index is -1.07. The molecule has 1 aliphatic heterocycles. The number of carboxylic acids is 1. The predicted molar refractivity (Wildman–Crippen MR) is 64.3 cm³/mol. The van der Waals surface area contributed by atoms with Gasteiger partial charge in [0.1, 0.15) is 17.6 Å². The summed E-state index contributed by atoms with van der Waals surface area (Å²) in [5, 5.41) is 18.7. The number of carbonyl (C=O) groups is 2. The number of likely N-dealkylation sites (tertiary alicyclic amines) is 1. The fraction of sp³-hybridized carbons (Fsp3) is 0.385. The Morgan fingerprint density at radius 3 is 2.68 bits per heavy atom. The van der Waals surface area contributed by atoms with E-state index < -0.39 is 29.5 Å². The molecule has 0 aliphatic carbocycles. The summed E-state index contributed by atoms with van der Waals surface area (Å²) in [6.07, 6.45) is 0.588. The van der Waals surface area contributed by atoms with Crippen LogP contribution in [-0.4, -0.2) is 39.6 Å². The second-order valence-corrected chi connectivity index (χ2v) is 4.71. The van der Waals surface area contributed by atoms with Gasteiger partial charge in [-0.3, -0.25) is 4.79 Å². The zero-order chi connectivity index (χ0) is 14.2. The van der Waals surface area contributed by atoms with Crippen molar-refractivity contribution in [3.63, 3.8) is 0 Å². The molecule has 0 bridgehead atoms. The van der Waals surface area contributed by atoms with Gasteiger partial charge < -0.3 is 15.1 Å². The molecule has 1 saturated heterocycles. The molecule has 0 aromatic heterocycles. The molecule has 1 aliphatic rings. The van der Waals surface area contributed by atoms with Gasteiger partial charge in [0.05, 0.1) is 5.56 Å². The first-order valence-electron chi connectivity index (χ1n) is 5.94. The van der Waals surface area contributed by atoms with E-state index in [9.17, 15) is 19.1 Å². The van der Waals surface area contributed by atoms with E-state index in [-0.39, 0.29) is 11.5 Å². The summed E-state index contributed by atoms with van der Waals surface area (Å²) in [4.78, 5) is 24.6. The van der Waals surface area contributed by atoms with E-state index >= 15 is 0 Å². The summed E-state index contributed by atoms with van der Waals surface area (Å²) >= 11 is 0. The number of amides is 1. The molecule has 0 saturated carbocycles. The van der Waals surface area contributed by atoms with Crippen molar-refractivity contribution in [1.29, 1.82) is 0 Å². The number of phenolic OH excluding ortho intramolecular Hbond substituents is 1. The van der Waals surface area contributed by atoms with Gasteiger partial charge in [-0.1, -0.05) is 6.92 Å². The third-order valence-corrected chi connectivity index (χ3v) is 3.40. The quantitative estimate of drug-likeness (QED) is 0.850. The molecule has 0 spiro atoms. The maximum Gasteiger partial charge on any atom is 0.326 e. The highest BCUT2D eigenvalue weighted by Crippen LogP contribution is 2.28. The van der Waals surface area contributed by atoms with Crippen LogP contribution in [0.4, 0.5) is 4.39 Å². The first-order valence-corrected chi connectivity index (χ1v) is 5.94. The highest BCUT2D eigenvalue weighted by Gasteiger charge is 2.40. The van der Waals surface area contributed by atoms with Crippen LogP contribution in [-0.2, 0) is 4.79 Å². The third-order valence-electron chi connectivity index (χ3n) is 3.40. The standard InChI is InChI=1S/C13H14FNO4/c1-7-4-5-15(11(7)13(18)19)12(17)9-3-2-8(14)6-10(9)16/h2-3,6-7,11,16H,4-5H2,1H3,(H,18,19). The van der Waals surface area contributed by atoms with Crippen molar-refractivity contribution in [3.05, 3.63) is 29.6 Å². The summed E-state index contributed by atoms with van der Waals surface area (Å²) in [5.41, 5.74) is -0.0817. The van der Waals surface area contributed by atoms with Crippen molar-refractivity contribution in [2.45, 2.75) is 19.4 Å². The summed E-state index contributed by atoms with van der Waals surface area (Å²) < 4.78 is 12.9. The maximum atomic E-state index is 12.9. The largest absolute Gasteiger partial charge is 0.507 e. The number of rotatable bonds is 2. The highest BCUT2D eigenvalue weighted by atomic mass is 19.1. The number of phenols is 1. The number of hydrogen-bond donors (Lipinski definition) is 2. The zero-order valence-corrected chi connectivity index (χ0v) is 10.3. The molecule has 6 heteroatoms. The Morgan fingerprint density at radius 1 is 1.42 bits per heavy atom. The normalized spacial score (nSPS) is 22.5. The van der Waals surface area contributed by atoms with Crippen LogP contribution in [0.2, 0.25) is 0 Å². The van der Waals surface area contributed by atoms with Crippen LogP contribution in [0.3, 0.4) is 0 Å². The molecule has 2 atom stereocenters. The first-order chi connectivity index (χ1) is 8.91. The summed E-state index contributed by atoms with van der Waals surface area (Å²) in [7, 11) is 0. The predicted octanol–water partition coefficient (Wildman–Crippen LogP) is 1.47. The van der Waals surface area contributed by atoms with E-state index in [0.717, 1.165) is 18.2 Å². The number of aromatic hydroxyl groups is 1. The fourth-order valence-electron chi connectivity index (χ4n) is 2.39. The monoisotopic (exact) mass is 267 g/mol. The number of carbonyl (C=O) groups excluding carboxylic acids is 1. The van der Waals surface area contributed by atoms with Gasteiger partial charge in [0.25, 0.3) is 5.91 Å². The lowest BCUT2D eigenvalue weighted by atomic mass is 10.0. The SMILES string of the molecule is CC1CCN(C(=O)c2ccc(F)cc2O)C1C(=O)O. The molecule has 1 amide bonds. The van der Waals surface area contributed by atoms with E-state index in [0.29, 0.717) is 13.0 Å². The van der Waals surface area contributed by atoms with Crippen molar-refractivity contribution >= 4 is 11.9 Å². The second kappa shape index (κ2) is 4.87. The molecule has 5 nitrogen and oxygen atoms in total. The molecule has 1 fully saturated rings. The van der Waals surface area contributed by atoms with Crippen LogP contribution in [0.25, 0.3) is 0 Å². The average molecular weight is 267 g/mol. The fourth-order valence-corrected chi connectivity index (χ4v) is 2.39. The van der Waals surface area contributed by atoms with Crippen molar-refractivity contribution in [1.82, 2.24) is 4.90 Å². The minimum absolute atomic E-state index is 0.0817. The molecule has 2 unspecified atom stereocenters. The topological polar surface area (TPSA) is 77.8 Å². The zero-order valence-electron chi connectivity index (χ0n) is 10.3. The Kier molecular flexibility index (Phi) is 3.42. The lowest BCUT2D eigenvalue weighted by Crippen LogP contribution is -2.42. The van der Waals surface area contributed by atoms with Crippen LogP contribution < -0.4 is 0 Å². The lowest BCUT2D eigenvalue weighted by molar-refractivity contribution is -0.142. The van der Waals surface area contributed by atoms with Crippen LogP contribution in [0.15, 0.2) is 18.2 Å². The maximum absolute atomic E-state index is 12.9. The van der Waals surface area contributed by atoms with Crippen molar-refractivity contribution in [2.24, 2.45) is 5.92 Å². The van der Waals surface area contributed by atoms with Gasteiger partial charge in [-0.05, 0) is 24.5 Å². The molecular weight excluding hydrogens is 253 g/mol. The molecule has 102 valence electrons. The Balaban J connectivity index is 2.31. The third kappa shape index (κ3) is 2.38. The van der Waals surface area contributed by atoms with Gasteiger partial charge in [0, 0.05) is 12.6 Å². The van der Waals surface area contributed by atoms with Gasteiger partial charge in [0.15, 0.2) is 0 Å². The molecule has 2 N–H and O–H groups in total. The van der Waals surface area contributed by atoms with Gasteiger partial charge in [-0.25, -0.2) is 9.18 Å². The van der Waals surface area contributed by atoms with Crippen LogP contribution >= 0.6 is 0 Å². The number of hydrogen-bond acceptors (Lipinski definition) is 3. The Morgan fingerprint density at radius 2 is 2.11 bits per heavy atom. The van der Waals surface area contributed by atoms with E-state index in [1.807, 2.05) is 0 Å². The van der Waals surface area contributed by atoms with Crippen molar-refractivity contribution in [3.8, 4) is 5.75 Å². The summed E-state index contributed by atoms with van der Waals surface area (Å²) in [6.45, 7) is 2.07. The molecule has 0 radical (unpaired) electrons. The van der Waals surface area contributed by atoms with E-state index in [2.05, 4.69) is 0 Å². The number of nitrogens with zero attached hydrogens (tertiary/aromatic N) is 1. The summed E-state index contributed by atoms with van der Waals surface area (Å²) in [5.74, 6) is -2.94. The van der Waals surface area contributed by atoms with Gasteiger partial charge >= 0.3 is 5.97 Å². The lowest BCUT2D eigenvalue weighted by Gasteiger charge is -2.23. The molecular formula is C13H14FNO4. The Hall–Kier alpha value is -2.11. The molecule has 2 rings (SSSR count). The smallest absolute Gasteiger partial charge is 0.326 e. The van der Waals surface area contributed by atoms with Gasteiger partial charge in [0.2, 0.25) is 0 Å². The van der Waals surface area contributed by atoms with Crippen molar-refractivity contribution in [2.75, 3.05) is 6.54 Å². The molecule has 1 aromatic carbocycles. The number of halogens is 1. The van der Waals surface area contributed by atoms with Crippen molar-refractivity contribution < 1.29 is 24.2 Å². The second-order valence-electron chi connectivity index (χ2n) is 4.71. The average Bonchev–Trinajstić information content (AvgIpc) is 2.70. The Labute approximate surface area is 109 Å². The number of carboxylic acid groups (broad SMARTS) is 1. The molecule has 19 heavy (non-hydrogen) atoms. The van der Waals surface area contributed by atoms with Crippen LogP contribution in [0.5, 0.6) is 5.75 Å². The van der Waals surface area contributed by atoms with Gasteiger partial charge in [-0.15, -0.1) is 0 Å². The first kappa shape index (κ1) is 13.3. The van der Waals surface area contributed by atoms with Gasteiger partial charge in [-0.2, -0.15) is 0 Å². The summed E-state index contributed by atoms with van der Waals surface area (Å²) in [6, 6.07) is 2.15. The Bertz CT molecular complexity index is 531. The number of benzene rings is 1. The van der Waals surface area contributed by atoms with E-state index in [1.54, 1.807) is 6.92 Å². The van der Waals surface area contributed by atoms with Crippen LogP contribution in [0.1, 0.15) is 23.7 Å². The van der Waals surface area contributed by atoms with Crippen LogP contribution in [0, 0.1) is 11.7 Å². The molecule has 1 aromatic rings.